The number of rotatable bonds is 5. The fourth-order valence-electron chi connectivity index (χ4n) is 2.37. The molecule has 0 unspecified atom stereocenters. The van der Waals surface area contributed by atoms with Crippen molar-refractivity contribution in [2.45, 2.75) is 25.8 Å². The van der Waals surface area contributed by atoms with E-state index in [1.807, 2.05) is 6.92 Å². The number of aliphatic hydroxyl groups excluding tert-OH is 1. The second-order valence-electron chi connectivity index (χ2n) is 5.14. The van der Waals surface area contributed by atoms with Crippen LogP contribution in [0.2, 0.25) is 0 Å². The van der Waals surface area contributed by atoms with E-state index in [2.05, 4.69) is 9.88 Å². The van der Waals surface area contributed by atoms with Gasteiger partial charge in [0.1, 0.15) is 10.7 Å². The summed E-state index contributed by atoms with van der Waals surface area (Å²) in [4.78, 5) is 20.9. The summed E-state index contributed by atoms with van der Waals surface area (Å²) in [7, 11) is 0. The van der Waals surface area contributed by atoms with Gasteiger partial charge in [-0.1, -0.05) is 11.3 Å². The van der Waals surface area contributed by atoms with Crippen LogP contribution in [0.25, 0.3) is 0 Å². The van der Waals surface area contributed by atoms with Crippen molar-refractivity contribution in [2.75, 3.05) is 43.4 Å². The number of hydrogen-bond acceptors (Lipinski definition) is 7. The molecular formula is C13H23N5O2S. The Labute approximate surface area is 128 Å². The lowest BCUT2D eigenvalue weighted by atomic mass is 10.1. The summed E-state index contributed by atoms with van der Waals surface area (Å²) >= 11 is 1.32. The van der Waals surface area contributed by atoms with Gasteiger partial charge in [0.25, 0.3) is 5.91 Å². The summed E-state index contributed by atoms with van der Waals surface area (Å²) in [5.74, 6) is 0.104. The molecule has 2 heterocycles. The Kier molecular flexibility index (Phi) is 5.38. The Morgan fingerprint density at radius 1 is 1.52 bits per heavy atom. The molecule has 1 aliphatic rings. The number of aliphatic hydroxyl groups is 1. The molecule has 7 nitrogen and oxygen atoms in total. The first-order valence-electron chi connectivity index (χ1n) is 7.23. The molecule has 1 fully saturated rings. The topological polar surface area (TPSA) is 109 Å². The minimum absolute atomic E-state index is 0.0604. The van der Waals surface area contributed by atoms with Crippen LogP contribution < -0.4 is 16.4 Å². The predicted octanol–water partition coefficient (Wildman–Crippen LogP) is 0.107. The number of nitrogen functional groups attached to an aromatic ring is 1. The number of thiazole rings is 1. The molecule has 2 rings (SSSR count). The maximum absolute atomic E-state index is 12.4. The first-order valence-corrected chi connectivity index (χ1v) is 8.05. The Bertz CT molecular complexity index is 485. The summed E-state index contributed by atoms with van der Waals surface area (Å²) in [6.45, 7) is 4.34. The molecule has 21 heavy (non-hydrogen) atoms. The van der Waals surface area contributed by atoms with Gasteiger partial charge >= 0.3 is 0 Å². The molecule has 1 amide bonds. The van der Waals surface area contributed by atoms with E-state index in [9.17, 15) is 4.79 Å². The standard InChI is InChI=1S/C13H23N5O2S/c1-2-17(7-8-19)12(20)10-11(15)16-13(21-10)18-5-3-9(14)4-6-18/h9,19H,2-8,14-15H2,1H3. The zero-order valence-electron chi connectivity index (χ0n) is 12.3. The Hall–Kier alpha value is -1.38. The second kappa shape index (κ2) is 7.06. The van der Waals surface area contributed by atoms with Gasteiger partial charge in [0.15, 0.2) is 5.13 Å². The molecule has 8 heteroatoms. The molecule has 0 atom stereocenters. The number of carbonyl (C=O) groups is 1. The van der Waals surface area contributed by atoms with Crippen molar-refractivity contribution in [2.24, 2.45) is 5.73 Å². The highest BCUT2D eigenvalue weighted by Gasteiger charge is 2.25. The number of nitrogens with two attached hydrogens (primary N) is 2. The van der Waals surface area contributed by atoms with Gasteiger partial charge in [-0.15, -0.1) is 0 Å². The normalized spacial score (nSPS) is 16.2. The lowest BCUT2D eigenvalue weighted by Gasteiger charge is -2.29. The van der Waals surface area contributed by atoms with Crippen molar-refractivity contribution < 1.29 is 9.90 Å². The van der Waals surface area contributed by atoms with E-state index in [1.54, 1.807) is 4.90 Å². The van der Waals surface area contributed by atoms with Crippen LogP contribution in [0.5, 0.6) is 0 Å². The number of amides is 1. The lowest BCUT2D eigenvalue weighted by Crippen LogP contribution is -2.39. The highest BCUT2D eigenvalue weighted by molar-refractivity contribution is 7.18. The van der Waals surface area contributed by atoms with Gasteiger partial charge in [0.2, 0.25) is 0 Å². The third kappa shape index (κ3) is 3.63. The molecule has 118 valence electrons. The number of carbonyl (C=O) groups excluding carboxylic acids is 1. The first-order chi connectivity index (χ1) is 10.1. The third-order valence-corrected chi connectivity index (χ3v) is 4.81. The summed E-state index contributed by atoms with van der Waals surface area (Å²) < 4.78 is 0. The van der Waals surface area contributed by atoms with Crippen molar-refractivity contribution in [3.8, 4) is 0 Å². The summed E-state index contributed by atoms with van der Waals surface area (Å²) in [5.41, 5.74) is 11.8. The van der Waals surface area contributed by atoms with Crippen LogP contribution in [0.1, 0.15) is 29.4 Å². The molecule has 1 saturated heterocycles. The fourth-order valence-corrected chi connectivity index (χ4v) is 3.37. The van der Waals surface area contributed by atoms with E-state index in [-0.39, 0.29) is 24.4 Å². The molecule has 0 spiro atoms. The molecule has 0 radical (unpaired) electrons. The highest BCUT2D eigenvalue weighted by Crippen LogP contribution is 2.30. The molecule has 1 aromatic heterocycles. The molecule has 0 aliphatic carbocycles. The predicted molar refractivity (Wildman–Crippen MR) is 84.6 cm³/mol. The Morgan fingerprint density at radius 3 is 2.76 bits per heavy atom. The third-order valence-electron chi connectivity index (χ3n) is 3.69. The van der Waals surface area contributed by atoms with Crippen LogP contribution in [0.4, 0.5) is 10.9 Å². The minimum Gasteiger partial charge on any atom is -0.395 e. The van der Waals surface area contributed by atoms with E-state index in [4.69, 9.17) is 16.6 Å². The van der Waals surface area contributed by atoms with Gasteiger partial charge in [-0.2, -0.15) is 0 Å². The van der Waals surface area contributed by atoms with Crippen molar-refractivity contribution in [1.82, 2.24) is 9.88 Å². The number of piperidine rings is 1. The van der Waals surface area contributed by atoms with Gasteiger partial charge in [-0.05, 0) is 19.8 Å². The summed E-state index contributed by atoms with van der Waals surface area (Å²) in [6, 6.07) is 0.250. The van der Waals surface area contributed by atoms with Gasteiger partial charge in [0, 0.05) is 32.2 Å². The van der Waals surface area contributed by atoms with Gasteiger partial charge in [-0.25, -0.2) is 4.98 Å². The molecule has 0 bridgehead atoms. The van der Waals surface area contributed by atoms with Crippen LogP contribution in [-0.2, 0) is 0 Å². The molecule has 1 aromatic rings. The van der Waals surface area contributed by atoms with Crippen LogP contribution in [0, 0.1) is 0 Å². The van der Waals surface area contributed by atoms with Crippen molar-refractivity contribution >= 4 is 28.2 Å². The number of hydrogen-bond donors (Lipinski definition) is 3. The first kappa shape index (κ1) is 16.0. The Balaban J connectivity index is 2.13. The molecule has 0 aromatic carbocycles. The van der Waals surface area contributed by atoms with E-state index < -0.39 is 0 Å². The van der Waals surface area contributed by atoms with E-state index >= 15 is 0 Å². The van der Waals surface area contributed by atoms with Gasteiger partial charge in [0.05, 0.1) is 6.61 Å². The van der Waals surface area contributed by atoms with E-state index in [0.29, 0.717) is 18.0 Å². The molecular weight excluding hydrogens is 290 g/mol. The molecule has 5 N–H and O–H groups in total. The number of nitrogens with zero attached hydrogens (tertiary/aromatic N) is 3. The number of likely N-dealkylation sites (N-methyl/N-ethyl adjacent to an activating group) is 1. The number of anilines is 2. The van der Waals surface area contributed by atoms with Crippen molar-refractivity contribution in [3.05, 3.63) is 4.88 Å². The van der Waals surface area contributed by atoms with Crippen LogP contribution in [0.3, 0.4) is 0 Å². The highest BCUT2D eigenvalue weighted by atomic mass is 32.1. The van der Waals surface area contributed by atoms with Crippen molar-refractivity contribution in [1.29, 1.82) is 0 Å². The largest absolute Gasteiger partial charge is 0.395 e. The van der Waals surface area contributed by atoms with Gasteiger partial charge < -0.3 is 26.4 Å². The fraction of sp³-hybridized carbons (Fsp3) is 0.692. The maximum atomic E-state index is 12.4. The van der Waals surface area contributed by atoms with Gasteiger partial charge in [-0.3, -0.25) is 4.79 Å². The average Bonchev–Trinajstić information content (AvgIpc) is 2.86. The van der Waals surface area contributed by atoms with Crippen LogP contribution in [0.15, 0.2) is 0 Å². The monoisotopic (exact) mass is 313 g/mol. The number of aromatic nitrogens is 1. The average molecular weight is 313 g/mol. The molecule has 1 aliphatic heterocycles. The lowest BCUT2D eigenvalue weighted by molar-refractivity contribution is 0.0737. The van der Waals surface area contributed by atoms with Crippen molar-refractivity contribution in [3.63, 3.8) is 0 Å². The summed E-state index contributed by atoms with van der Waals surface area (Å²) in [5, 5.41) is 9.79. The van der Waals surface area contributed by atoms with E-state index in [1.165, 1.54) is 11.3 Å². The summed E-state index contributed by atoms with van der Waals surface area (Å²) in [6.07, 6.45) is 1.85. The second-order valence-corrected chi connectivity index (χ2v) is 6.12. The smallest absolute Gasteiger partial charge is 0.267 e. The maximum Gasteiger partial charge on any atom is 0.267 e. The van der Waals surface area contributed by atoms with Crippen LogP contribution >= 0.6 is 11.3 Å². The zero-order valence-corrected chi connectivity index (χ0v) is 13.1. The zero-order chi connectivity index (χ0) is 15.4. The SMILES string of the molecule is CCN(CCO)C(=O)c1sc(N2CCC(N)CC2)nc1N. The molecule has 0 saturated carbocycles. The van der Waals surface area contributed by atoms with E-state index in [0.717, 1.165) is 31.1 Å². The van der Waals surface area contributed by atoms with Crippen LogP contribution in [-0.4, -0.2) is 59.7 Å². The quantitative estimate of drug-likeness (QED) is 0.712. The Morgan fingerprint density at radius 2 is 2.19 bits per heavy atom. The minimum atomic E-state index is -0.165.